The van der Waals surface area contributed by atoms with E-state index in [1.54, 1.807) is 7.11 Å². The smallest absolute Gasteiger partial charge is 0.291 e. The van der Waals surface area contributed by atoms with Crippen LogP contribution in [0.15, 0.2) is 48.6 Å². The van der Waals surface area contributed by atoms with Gasteiger partial charge in [0, 0.05) is 18.7 Å². The first-order chi connectivity index (χ1) is 13.7. The van der Waals surface area contributed by atoms with Crippen molar-refractivity contribution in [3.05, 3.63) is 54.4 Å². The Morgan fingerprint density at radius 2 is 2.00 bits per heavy atom. The Morgan fingerprint density at radius 3 is 2.68 bits per heavy atom. The Labute approximate surface area is 165 Å². The second-order valence-corrected chi connectivity index (χ2v) is 7.52. The van der Waals surface area contributed by atoms with Gasteiger partial charge in [0.25, 0.3) is 5.91 Å². The molecule has 1 atom stereocenters. The number of carbonyl (C=O) groups excluding carboxylic acids is 1. The number of methoxy groups -OCH3 is 1. The van der Waals surface area contributed by atoms with Crippen molar-refractivity contribution in [2.45, 2.75) is 25.7 Å². The molecule has 1 unspecified atom stereocenters. The SMILES string of the molecule is COc1ccc(-c2n[nH]c(C(=O)N3CCC(CC4C=CC=CC4)CC3)n2)cc1. The van der Waals surface area contributed by atoms with Crippen molar-refractivity contribution in [1.82, 2.24) is 20.1 Å². The summed E-state index contributed by atoms with van der Waals surface area (Å²) in [6, 6.07) is 7.48. The van der Waals surface area contributed by atoms with Crippen LogP contribution in [0.25, 0.3) is 11.4 Å². The number of carbonyl (C=O) groups is 1. The summed E-state index contributed by atoms with van der Waals surface area (Å²) in [5.74, 6) is 2.89. The molecule has 1 aromatic carbocycles. The third kappa shape index (κ3) is 4.16. The van der Waals surface area contributed by atoms with Crippen LogP contribution in [0.1, 0.15) is 36.3 Å². The number of hydrogen-bond acceptors (Lipinski definition) is 4. The number of nitrogens with zero attached hydrogens (tertiary/aromatic N) is 3. The number of rotatable bonds is 5. The molecular weight excluding hydrogens is 352 g/mol. The summed E-state index contributed by atoms with van der Waals surface area (Å²) in [5, 5.41) is 7.02. The summed E-state index contributed by atoms with van der Waals surface area (Å²) in [4.78, 5) is 19.1. The van der Waals surface area contributed by atoms with Crippen molar-refractivity contribution in [2.24, 2.45) is 11.8 Å². The van der Waals surface area contributed by atoms with Crippen molar-refractivity contribution >= 4 is 5.91 Å². The van der Waals surface area contributed by atoms with Gasteiger partial charge in [0.15, 0.2) is 5.82 Å². The molecular formula is C22H26N4O2. The van der Waals surface area contributed by atoms with E-state index in [9.17, 15) is 4.79 Å². The highest BCUT2D eigenvalue weighted by Gasteiger charge is 2.27. The average molecular weight is 378 g/mol. The largest absolute Gasteiger partial charge is 0.497 e. The molecule has 28 heavy (non-hydrogen) atoms. The number of amides is 1. The molecule has 1 aliphatic heterocycles. The fourth-order valence-electron chi connectivity index (χ4n) is 3.98. The molecule has 1 N–H and O–H groups in total. The van der Waals surface area contributed by atoms with Gasteiger partial charge in [-0.25, -0.2) is 4.98 Å². The third-order valence-corrected chi connectivity index (χ3v) is 5.64. The summed E-state index contributed by atoms with van der Waals surface area (Å²) in [6.07, 6.45) is 13.3. The van der Waals surface area contributed by atoms with Crippen LogP contribution in [0.5, 0.6) is 5.75 Å². The maximum atomic E-state index is 12.8. The van der Waals surface area contributed by atoms with Gasteiger partial charge in [0.2, 0.25) is 5.82 Å². The molecule has 0 saturated carbocycles. The van der Waals surface area contributed by atoms with Crippen molar-refractivity contribution in [3.8, 4) is 17.1 Å². The molecule has 2 heterocycles. The zero-order valence-corrected chi connectivity index (χ0v) is 16.2. The van der Waals surface area contributed by atoms with Crippen LogP contribution in [0.3, 0.4) is 0 Å². The van der Waals surface area contributed by atoms with Gasteiger partial charge < -0.3 is 9.64 Å². The molecule has 6 heteroatoms. The monoisotopic (exact) mass is 378 g/mol. The summed E-state index contributed by atoms with van der Waals surface area (Å²) in [6.45, 7) is 1.57. The Hall–Kier alpha value is -2.89. The predicted octanol–water partition coefficient (Wildman–Crippen LogP) is 3.85. The number of aromatic nitrogens is 3. The first-order valence-corrected chi connectivity index (χ1v) is 9.92. The molecule has 1 saturated heterocycles. The van der Waals surface area contributed by atoms with Gasteiger partial charge in [0.05, 0.1) is 7.11 Å². The summed E-state index contributed by atoms with van der Waals surface area (Å²) < 4.78 is 5.17. The lowest BCUT2D eigenvalue weighted by molar-refractivity contribution is 0.0670. The second kappa shape index (κ2) is 8.42. The van der Waals surface area contributed by atoms with E-state index < -0.39 is 0 Å². The second-order valence-electron chi connectivity index (χ2n) is 7.52. The van der Waals surface area contributed by atoms with Crippen molar-refractivity contribution in [2.75, 3.05) is 20.2 Å². The van der Waals surface area contributed by atoms with Gasteiger partial charge in [-0.1, -0.05) is 24.3 Å². The van der Waals surface area contributed by atoms with Crippen LogP contribution in [-0.4, -0.2) is 46.2 Å². The van der Waals surface area contributed by atoms with E-state index in [4.69, 9.17) is 4.74 Å². The summed E-state index contributed by atoms with van der Waals surface area (Å²) >= 11 is 0. The van der Waals surface area contributed by atoms with Gasteiger partial charge in [0.1, 0.15) is 5.75 Å². The summed E-state index contributed by atoms with van der Waals surface area (Å²) in [7, 11) is 1.63. The average Bonchev–Trinajstić information content (AvgIpc) is 3.25. The third-order valence-electron chi connectivity index (χ3n) is 5.64. The molecule has 1 aromatic heterocycles. The van der Waals surface area contributed by atoms with Gasteiger partial charge in [-0.05, 0) is 61.8 Å². The van der Waals surface area contributed by atoms with E-state index in [1.165, 1.54) is 6.42 Å². The Bertz CT molecular complexity index is 861. The van der Waals surface area contributed by atoms with Gasteiger partial charge in [-0.2, -0.15) is 5.10 Å². The lowest BCUT2D eigenvalue weighted by Crippen LogP contribution is -2.39. The number of hydrogen-bond donors (Lipinski definition) is 1. The minimum atomic E-state index is -0.0637. The molecule has 0 bridgehead atoms. The topological polar surface area (TPSA) is 71.1 Å². The number of piperidine rings is 1. The molecule has 0 radical (unpaired) electrons. The maximum absolute atomic E-state index is 12.8. The molecule has 1 aliphatic carbocycles. The number of ether oxygens (including phenoxy) is 1. The Kier molecular flexibility index (Phi) is 5.55. The van der Waals surface area contributed by atoms with Gasteiger partial charge in [-0.3, -0.25) is 9.89 Å². The normalized spacial score (nSPS) is 19.8. The highest BCUT2D eigenvalue weighted by molar-refractivity contribution is 5.91. The zero-order chi connectivity index (χ0) is 19.3. The number of benzene rings is 1. The fourth-order valence-corrected chi connectivity index (χ4v) is 3.98. The standard InChI is InChI=1S/C22H26N4O2/c1-28-19-9-7-18(8-10-19)20-23-21(25-24-20)22(27)26-13-11-17(12-14-26)15-16-5-3-2-4-6-16/h2-5,7-10,16-17H,6,11-15H2,1H3,(H,23,24,25). The molecule has 4 rings (SSSR count). The van der Waals surface area contributed by atoms with E-state index in [1.807, 2.05) is 29.2 Å². The molecule has 1 fully saturated rings. The first-order valence-electron chi connectivity index (χ1n) is 9.92. The van der Waals surface area contributed by atoms with Crippen LogP contribution in [-0.2, 0) is 0 Å². The minimum Gasteiger partial charge on any atom is -0.497 e. The fraction of sp³-hybridized carbons (Fsp3) is 0.409. The number of H-pyrrole nitrogens is 1. The maximum Gasteiger partial charge on any atom is 0.291 e. The molecule has 2 aromatic rings. The number of likely N-dealkylation sites (tertiary alicyclic amines) is 1. The van der Waals surface area contributed by atoms with E-state index >= 15 is 0 Å². The summed E-state index contributed by atoms with van der Waals surface area (Å²) in [5.41, 5.74) is 0.851. The molecule has 2 aliphatic rings. The lowest BCUT2D eigenvalue weighted by atomic mass is 9.84. The van der Waals surface area contributed by atoms with E-state index in [0.717, 1.165) is 43.7 Å². The Morgan fingerprint density at radius 1 is 1.21 bits per heavy atom. The number of aromatic amines is 1. The molecule has 6 nitrogen and oxygen atoms in total. The van der Waals surface area contributed by atoms with Crippen molar-refractivity contribution < 1.29 is 9.53 Å². The predicted molar refractivity (Wildman–Crippen MR) is 108 cm³/mol. The Balaban J connectivity index is 1.33. The van der Waals surface area contributed by atoms with Crippen molar-refractivity contribution in [1.29, 1.82) is 0 Å². The highest BCUT2D eigenvalue weighted by atomic mass is 16.5. The number of nitrogens with one attached hydrogen (secondary N) is 1. The molecule has 0 spiro atoms. The van der Waals surface area contributed by atoms with Crippen molar-refractivity contribution in [3.63, 3.8) is 0 Å². The quantitative estimate of drug-likeness (QED) is 0.858. The van der Waals surface area contributed by atoms with Crippen LogP contribution in [0.4, 0.5) is 0 Å². The van der Waals surface area contributed by atoms with Gasteiger partial charge in [-0.15, -0.1) is 0 Å². The van der Waals surface area contributed by atoms with Crippen LogP contribution < -0.4 is 4.74 Å². The van der Waals surface area contributed by atoms with E-state index in [2.05, 4.69) is 39.5 Å². The zero-order valence-electron chi connectivity index (χ0n) is 16.2. The van der Waals surface area contributed by atoms with Crippen LogP contribution in [0.2, 0.25) is 0 Å². The van der Waals surface area contributed by atoms with Gasteiger partial charge >= 0.3 is 0 Å². The van der Waals surface area contributed by atoms with Crippen LogP contribution in [0, 0.1) is 11.8 Å². The van der Waals surface area contributed by atoms with E-state index in [-0.39, 0.29) is 5.91 Å². The minimum absolute atomic E-state index is 0.0637. The first kappa shape index (κ1) is 18.5. The number of allylic oxidation sites excluding steroid dienone is 4. The van der Waals surface area contributed by atoms with Crippen LogP contribution >= 0.6 is 0 Å². The highest BCUT2D eigenvalue weighted by Crippen LogP contribution is 2.28. The lowest BCUT2D eigenvalue weighted by Gasteiger charge is -2.32. The van der Waals surface area contributed by atoms with E-state index in [0.29, 0.717) is 23.5 Å². The molecule has 1 amide bonds. The molecule has 146 valence electrons.